The first-order valence-electron chi connectivity index (χ1n) is 6.03. The first-order chi connectivity index (χ1) is 9.89. The van der Waals surface area contributed by atoms with E-state index in [0.29, 0.717) is 10.5 Å². The number of carbonyl (C=O) groups excluding carboxylic acids is 1. The third-order valence-corrected chi connectivity index (χ3v) is 5.24. The molecule has 0 saturated carbocycles. The normalized spacial score (nSPS) is 11.5. The number of nitrogens with one attached hydrogen (secondary N) is 1. The van der Waals surface area contributed by atoms with Gasteiger partial charge in [0.15, 0.2) is 5.13 Å². The molecular formula is C12H13ClN2O4S2. The van der Waals surface area contributed by atoms with Gasteiger partial charge in [-0.25, -0.2) is 13.4 Å². The molecule has 0 aliphatic rings. The lowest BCUT2D eigenvalue weighted by Gasteiger charge is -2.04. The zero-order valence-electron chi connectivity index (χ0n) is 11.1. The number of methoxy groups -OCH3 is 1. The quantitative estimate of drug-likeness (QED) is 0.811. The van der Waals surface area contributed by atoms with E-state index in [9.17, 15) is 13.2 Å². The molecule has 114 valence electrons. The smallest absolute Gasteiger partial charge is 0.305 e. The molecule has 0 radical (unpaired) electrons. The molecule has 21 heavy (non-hydrogen) atoms. The van der Waals surface area contributed by atoms with Crippen LogP contribution in [0.5, 0.6) is 0 Å². The van der Waals surface area contributed by atoms with Gasteiger partial charge in [0.1, 0.15) is 0 Å². The van der Waals surface area contributed by atoms with Crippen LogP contribution in [-0.2, 0) is 19.6 Å². The van der Waals surface area contributed by atoms with Gasteiger partial charge in [0.25, 0.3) is 0 Å². The molecule has 1 aromatic carbocycles. The lowest BCUT2D eigenvalue weighted by molar-refractivity contribution is -0.140. The van der Waals surface area contributed by atoms with E-state index in [-0.39, 0.29) is 23.7 Å². The Morgan fingerprint density at radius 2 is 2.24 bits per heavy atom. The van der Waals surface area contributed by atoms with Gasteiger partial charge in [-0.15, -0.1) is 0 Å². The molecule has 0 spiro atoms. The maximum absolute atomic E-state index is 11.9. The Morgan fingerprint density at radius 3 is 2.95 bits per heavy atom. The number of hydrogen-bond acceptors (Lipinski definition) is 6. The molecule has 1 aromatic heterocycles. The highest BCUT2D eigenvalue weighted by molar-refractivity contribution is 7.92. The summed E-state index contributed by atoms with van der Waals surface area (Å²) in [6.07, 6.45) is 0.256. The molecule has 0 fully saturated rings. The van der Waals surface area contributed by atoms with Crippen molar-refractivity contribution in [3.8, 4) is 0 Å². The summed E-state index contributed by atoms with van der Waals surface area (Å²) in [5, 5.41) is 0.851. The van der Waals surface area contributed by atoms with E-state index < -0.39 is 16.0 Å². The minimum atomic E-state index is -3.54. The number of esters is 1. The molecule has 1 N–H and O–H groups in total. The number of benzene rings is 1. The maximum atomic E-state index is 11.9. The number of sulfonamides is 1. The zero-order valence-corrected chi connectivity index (χ0v) is 13.5. The second-order valence-electron chi connectivity index (χ2n) is 4.23. The zero-order chi connectivity index (χ0) is 15.5. The highest BCUT2D eigenvalue weighted by Gasteiger charge is 2.14. The molecule has 0 bridgehead atoms. The fraction of sp³-hybridized carbons (Fsp3) is 0.333. The van der Waals surface area contributed by atoms with Crippen molar-refractivity contribution in [2.45, 2.75) is 12.8 Å². The molecule has 2 aromatic rings. The number of halogens is 1. The lowest BCUT2D eigenvalue weighted by atomic mass is 10.3. The summed E-state index contributed by atoms with van der Waals surface area (Å²) in [7, 11) is -2.27. The van der Waals surface area contributed by atoms with Crippen LogP contribution < -0.4 is 4.72 Å². The number of hydrogen-bond donors (Lipinski definition) is 1. The van der Waals surface area contributed by atoms with Crippen LogP contribution in [0.1, 0.15) is 12.8 Å². The Balaban J connectivity index is 2.02. The average molecular weight is 349 g/mol. The van der Waals surface area contributed by atoms with Crippen LogP contribution in [0.4, 0.5) is 5.13 Å². The summed E-state index contributed by atoms with van der Waals surface area (Å²) < 4.78 is 31.4. The molecule has 9 heteroatoms. The molecular weight excluding hydrogens is 336 g/mol. The van der Waals surface area contributed by atoms with Gasteiger partial charge in [-0.05, 0) is 24.6 Å². The molecule has 6 nitrogen and oxygen atoms in total. The minimum absolute atomic E-state index is 0.0624. The van der Waals surface area contributed by atoms with Crippen LogP contribution in [0.3, 0.4) is 0 Å². The fourth-order valence-corrected chi connectivity index (χ4v) is 4.11. The van der Waals surface area contributed by atoms with Crippen molar-refractivity contribution in [1.82, 2.24) is 4.98 Å². The number of thiazole rings is 1. The number of aromatic nitrogens is 1. The largest absolute Gasteiger partial charge is 0.469 e. The van der Waals surface area contributed by atoms with Crippen molar-refractivity contribution in [2.24, 2.45) is 0 Å². The number of rotatable bonds is 6. The maximum Gasteiger partial charge on any atom is 0.305 e. The van der Waals surface area contributed by atoms with Crippen LogP contribution in [0.2, 0.25) is 5.02 Å². The third kappa shape index (κ3) is 4.55. The lowest BCUT2D eigenvalue weighted by Crippen LogP contribution is -2.17. The van der Waals surface area contributed by atoms with Crippen LogP contribution in [0.25, 0.3) is 10.2 Å². The standard InChI is InChI=1S/C12H13ClN2O4S2/c1-19-11(16)3-2-6-21(17,18)15-12-14-9-5-4-8(13)7-10(9)20-12/h4-5,7H,2-3,6H2,1H3,(H,14,15). The van der Waals surface area contributed by atoms with Gasteiger partial charge in [0.2, 0.25) is 10.0 Å². The number of carbonyl (C=O) groups is 1. The Labute approximate surface area is 131 Å². The van der Waals surface area contributed by atoms with E-state index in [0.717, 1.165) is 4.70 Å². The Morgan fingerprint density at radius 1 is 1.48 bits per heavy atom. The van der Waals surface area contributed by atoms with Crippen molar-refractivity contribution < 1.29 is 17.9 Å². The first kappa shape index (κ1) is 16.0. The van der Waals surface area contributed by atoms with E-state index in [2.05, 4.69) is 14.4 Å². The summed E-state index contributed by atoms with van der Waals surface area (Å²) in [6, 6.07) is 5.14. The Bertz CT molecular complexity index is 758. The van der Waals surface area contributed by atoms with Crippen molar-refractivity contribution >= 4 is 54.3 Å². The van der Waals surface area contributed by atoms with Crippen molar-refractivity contribution in [2.75, 3.05) is 17.6 Å². The van der Waals surface area contributed by atoms with Crippen LogP contribution in [0.15, 0.2) is 18.2 Å². The minimum Gasteiger partial charge on any atom is -0.469 e. The molecule has 1 heterocycles. The van der Waals surface area contributed by atoms with E-state index in [1.165, 1.54) is 18.4 Å². The molecule has 0 atom stereocenters. The first-order valence-corrected chi connectivity index (χ1v) is 8.88. The number of anilines is 1. The topological polar surface area (TPSA) is 85.4 Å². The molecule has 0 aliphatic carbocycles. The predicted molar refractivity (Wildman–Crippen MR) is 83.3 cm³/mol. The van der Waals surface area contributed by atoms with Gasteiger partial charge in [0, 0.05) is 11.4 Å². The van der Waals surface area contributed by atoms with Gasteiger partial charge in [-0.1, -0.05) is 22.9 Å². The van der Waals surface area contributed by atoms with Crippen molar-refractivity contribution in [3.05, 3.63) is 23.2 Å². The highest BCUT2D eigenvalue weighted by atomic mass is 35.5. The molecule has 0 amide bonds. The summed E-state index contributed by atoms with van der Waals surface area (Å²) >= 11 is 7.07. The SMILES string of the molecule is COC(=O)CCCS(=O)(=O)Nc1nc2ccc(Cl)cc2s1. The van der Waals surface area contributed by atoms with Crippen molar-refractivity contribution in [1.29, 1.82) is 0 Å². The van der Waals surface area contributed by atoms with Crippen LogP contribution in [0, 0.1) is 0 Å². The predicted octanol–water partition coefficient (Wildman–Crippen LogP) is 2.64. The summed E-state index contributed by atoms with van der Waals surface area (Å²) in [5.41, 5.74) is 0.677. The van der Waals surface area contributed by atoms with E-state index in [1.54, 1.807) is 18.2 Å². The second-order valence-corrected chi connectivity index (χ2v) is 7.54. The highest BCUT2D eigenvalue weighted by Crippen LogP contribution is 2.28. The summed E-state index contributed by atoms with van der Waals surface area (Å²) in [6.45, 7) is 0. The van der Waals surface area contributed by atoms with E-state index in [4.69, 9.17) is 11.6 Å². The number of ether oxygens (including phenoxy) is 1. The number of nitrogens with zero attached hydrogens (tertiary/aromatic N) is 1. The molecule has 2 rings (SSSR count). The number of fused-ring (bicyclic) bond motifs is 1. The third-order valence-electron chi connectivity index (χ3n) is 2.61. The summed E-state index contributed by atoms with van der Waals surface area (Å²) in [4.78, 5) is 15.1. The van der Waals surface area contributed by atoms with Gasteiger partial charge >= 0.3 is 5.97 Å². The van der Waals surface area contributed by atoms with Gasteiger partial charge in [-0.2, -0.15) is 0 Å². The second kappa shape index (κ2) is 6.59. The Hall–Kier alpha value is -1.38. The summed E-state index contributed by atoms with van der Waals surface area (Å²) in [5.74, 6) is -0.599. The van der Waals surface area contributed by atoms with E-state index in [1.807, 2.05) is 0 Å². The molecule has 0 saturated heterocycles. The van der Waals surface area contributed by atoms with Crippen LogP contribution >= 0.6 is 22.9 Å². The molecule has 0 aliphatic heterocycles. The monoisotopic (exact) mass is 348 g/mol. The van der Waals surface area contributed by atoms with Gasteiger partial charge in [0.05, 0.1) is 23.1 Å². The van der Waals surface area contributed by atoms with Gasteiger partial charge < -0.3 is 4.74 Å². The fourth-order valence-electron chi connectivity index (χ4n) is 1.63. The average Bonchev–Trinajstić information content (AvgIpc) is 2.78. The Kier molecular flexibility index (Phi) is 5.02. The molecule has 0 unspecified atom stereocenters. The van der Waals surface area contributed by atoms with Gasteiger partial charge in [-0.3, -0.25) is 9.52 Å². The van der Waals surface area contributed by atoms with Crippen molar-refractivity contribution in [3.63, 3.8) is 0 Å². The van der Waals surface area contributed by atoms with Crippen LogP contribution in [-0.4, -0.2) is 32.2 Å². The van der Waals surface area contributed by atoms with E-state index >= 15 is 0 Å².